The number of hydrogen-bond donors (Lipinski definition) is 3. The fourth-order valence-corrected chi connectivity index (χ4v) is 1.50. The van der Waals surface area contributed by atoms with Gasteiger partial charge in [0.25, 0.3) is 0 Å². The van der Waals surface area contributed by atoms with E-state index in [4.69, 9.17) is 5.11 Å². The zero-order chi connectivity index (χ0) is 11.4. The van der Waals surface area contributed by atoms with Crippen LogP contribution in [0.1, 0.15) is 31.4 Å². The normalized spacial score (nSPS) is 10.9. The van der Waals surface area contributed by atoms with Crippen molar-refractivity contribution in [3.8, 4) is 11.5 Å². The number of benzene rings is 1. The Morgan fingerprint density at radius 1 is 1.13 bits per heavy atom. The third kappa shape index (κ3) is 3.13. The number of phenols is 2. The second-order valence-electron chi connectivity index (χ2n) is 4.20. The predicted molar refractivity (Wildman–Crippen MR) is 58.9 cm³/mol. The summed E-state index contributed by atoms with van der Waals surface area (Å²) in [6.45, 7) is 3.95. The van der Waals surface area contributed by atoms with Gasteiger partial charge in [-0.15, -0.1) is 0 Å². The molecule has 0 amide bonds. The van der Waals surface area contributed by atoms with Gasteiger partial charge in [-0.1, -0.05) is 13.8 Å². The molecule has 0 atom stereocenters. The molecule has 0 bridgehead atoms. The molecule has 0 radical (unpaired) electrons. The van der Waals surface area contributed by atoms with Crippen molar-refractivity contribution in [2.45, 2.75) is 33.3 Å². The second-order valence-corrected chi connectivity index (χ2v) is 4.20. The summed E-state index contributed by atoms with van der Waals surface area (Å²) in [6.07, 6.45) is 1.66. The number of aliphatic hydroxyl groups is 1. The van der Waals surface area contributed by atoms with Crippen LogP contribution < -0.4 is 0 Å². The highest BCUT2D eigenvalue weighted by Gasteiger charge is 2.09. The van der Waals surface area contributed by atoms with E-state index in [9.17, 15) is 10.2 Å². The van der Waals surface area contributed by atoms with Crippen LogP contribution in [0.15, 0.2) is 12.1 Å². The third-order valence-electron chi connectivity index (χ3n) is 2.41. The SMILES string of the molecule is CC(C)CCc1cc(O)cc(CO)c1O. The van der Waals surface area contributed by atoms with Crippen molar-refractivity contribution in [3.05, 3.63) is 23.3 Å². The van der Waals surface area contributed by atoms with E-state index in [1.807, 2.05) is 0 Å². The summed E-state index contributed by atoms with van der Waals surface area (Å²) >= 11 is 0. The van der Waals surface area contributed by atoms with Gasteiger partial charge in [-0.05, 0) is 36.5 Å². The summed E-state index contributed by atoms with van der Waals surface area (Å²) in [6, 6.07) is 2.94. The molecule has 3 N–H and O–H groups in total. The van der Waals surface area contributed by atoms with Crippen LogP contribution in [0, 0.1) is 5.92 Å². The topological polar surface area (TPSA) is 60.7 Å². The number of aromatic hydroxyl groups is 2. The van der Waals surface area contributed by atoms with Crippen molar-refractivity contribution in [1.29, 1.82) is 0 Å². The summed E-state index contributed by atoms with van der Waals surface area (Å²) in [5, 5.41) is 28.1. The minimum atomic E-state index is -0.255. The van der Waals surface area contributed by atoms with Gasteiger partial charge in [0.15, 0.2) is 0 Å². The number of hydrogen-bond acceptors (Lipinski definition) is 3. The molecule has 0 aliphatic carbocycles. The van der Waals surface area contributed by atoms with Gasteiger partial charge in [0.1, 0.15) is 11.5 Å². The maximum atomic E-state index is 9.76. The van der Waals surface area contributed by atoms with E-state index in [0.717, 1.165) is 6.42 Å². The van der Waals surface area contributed by atoms with E-state index in [0.29, 0.717) is 23.5 Å². The number of rotatable bonds is 4. The first-order valence-electron chi connectivity index (χ1n) is 5.19. The van der Waals surface area contributed by atoms with Crippen LogP contribution in [-0.2, 0) is 13.0 Å². The van der Waals surface area contributed by atoms with Crippen LogP contribution in [0.4, 0.5) is 0 Å². The quantitative estimate of drug-likeness (QED) is 0.667. The van der Waals surface area contributed by atoms with Crippen LogP contribution in [0.3, 0.4) is 0 Å². The molecule has 3 heteroatoms. The lowest BCUT2D eigenvalue weighted by Gasteiger charge is -2.10. The van der Waals surface area contributed by atoms with E-state index >= 15 is 0 Å². The summed E-state index contributed by atoms with van der Waals surface area (Å²) < 4.78 is 0. The summed E-state index contributed by atoms with van der Waals surface area (Å²) in [4.78, 5) is 0. The Morgan fingerprint density at radius 2 is 1.73 bits per heavy atom. The molecule has 0 aliphatic rings. The van der Waals surface area contributed by atoms with E-state index in [1.54, 1.807) is 6.07 Å². The van der Waals surface area contributed by atoms with E-state index < -0.39 is 0 Å². The number of aliphatic hydroxyl groups excluding tert-OH is 1. The van der Waals surface area contributed by atoms with Gasteiger partial charge in [-0.25, -0.2) is 0 Å². The Morgan fingerprint density at radius 3 is 2.27 bits per heavy atom. The van der Waals surface area contributed by atoms with Crippen molar-refractivity contribution in [3.63, 3.8) is 0 Å². The van der Waals surface area contributed by atoms with Crippen LogP contribution >= 0.6 is 0 Å². The molecule has 1 aromatic rings. The Kier molecular flexibility index (Phi) is 3.97. The van der Waals surface area contributed by atoms with Gasteiger partial charge in [0, 0.05) is 5.56 Å². The van der Waals surface area contributed by atoms with Gasteiger partial charge >= 0.3 is 0 Å². The molecular weight excluding hydrogens is 192 g/mol. The molecule has 0 fully saturated rings. The lowest BCUT2D eigenvalue weighted by Crippen LogP contribution is -1.95. The molecule has 0 aliphatic heterocycles. The Hall–Kier alpha value is -1.22. The maximum Gasteiger partial charge on any atom is 0.124 e. The molecule has 1 aromatic carbocycles. The van der Waals surface area contributed by atoms with Crippen LogP contribution in [0.5, 0.6) is 11.5 Å². The summed E-state index contributed by atoms with van der Waals surface area (Å²) in [7, 11) is 0. The van der Waals surface area contributed by atoms with Gasteiger partial charge in [-0.3, -0.25) is 0 Å². The molecule has 0 saturated carbocycles. The van der Waals surface area contributed by atoms with Gasteiger partial charge in [-0.2, -0.15) is 0 Å². The van der Waals surface area contributed by atoms with Crippen molar-refractivity contribution in [2.75, 3.05) is 0 Å². The lowest BCUT2D eigenvalue weighted by atomic mass is 9.99. The van der Waals surface area contributed by atoms with Crippen molar-refractivity contribution < 1.29 is 15.3 Å². The first-order valence-corrected chi connectivity index (χ1v) is 5.19. The zero-order valence-electron chi connectivity index (χ0n) is 9.20. The second kappa shape index (κ2) is 5.03. The maximum absolute atomic E-state index is 9.76. The average Bonchev–Trinajstić information content (AvgIpc) is 2.18. The van der Waals surface area contributed by atoms with E-state index in [1.165, 1.54) is 6.07 Å². The largest absolute Gasteiger partial charge is 0.508 e. The van der Waals surface area contributed by atoms with E-state index in [-0.39, 0.29) is 18.1 Å². The molecule has 0 spiro atoms. The predicted octanol–water partition coefficient (Wildman–Crippen LogP) is 2.18. The molecule has 15 heavy (non-hydrogen) atoms. The lowest BCUT2D eigenvalue weighted by molar-refractivity contribution is 0.274. The van der Waals surface area contributed by atoms with Gasteiger partial charge in [0.05, 0.1) is 6.61 Å². The van der Waals surface area contributed by atoms with Crippen LogP contribution in [0.2, 0.25) is 0 Å². The first-order chi connectivity index (χ1) is 7.04. The standard InChI is InChI=1S/C12H18O3/c1-8(2)3-4-9-5-11(14)6-10(7-13)12(9)15/h5-6,8,13-15H,3-4,7H2,1-2H3. The Labute approximate surface area is 90.0 Å². The summed E-state index contributed by atoms with van der Waals surface area (Å²) in [5.74, 6) is 0.746. The Balaban J connectivity index is 2.91. The molecule has 1 rings (SSSR count). The van der Waals surface area contributed by atoms with Crippen LogP contribution in [0.25, 0.3) is 0 Å². The molecule has 0 aromatic heterocycles. The van der Waals surface area contributed by atoms with Crippen LogP contribution in [-0.4, -0.2) is 15.3 Å². The fraction of sp³-hybridized carbons (Fsp3) is 0.500. The zero-order valence-corrected chi connectivity index (χ0v) is 9.20. The number of aryl methyl sites for hydroxylation is 1. The minimum Gasteiger partial charge on any atom is -0.508 e. The highest BCUT2D eigenvalue weighted by atomic mass is 16.3. The molecule has 0 heterocycles. The Bertz CT molecular complexity index is 332. The van der Waals surface area contributed by atoms with Crippen molar-refractivity contribution in [2.24, 2.45) is 5.92 Å². The summed E-state index contributed by atoms with van der Waals surface area (Å²) in [5.41, 5.74) is 1.08. The van der Waals surface area contributed by atoms with Crippen molar-refractivity contribution in [1.82, 2.24) is 0 Å². The van der Waals surface area contributed by atoms with Crippen molar-refractivity contribution >= 4 is 0 Å². The number of phenolic OH excluding ortho intramolecular Hbond substituents is 1. The molecular formula is C12H18O3. The average molecular weight is 210 g/mol. The van der Waals surface area contributed by atoms with E-state index in [2.05, 4.69) is 13.8 Å². The minimum absolute atomic E-state index is 0.0932. The molecule has 84 valence electrons. The first kappa shape index (κ1) is 11.9. The fourth-order valence-electron chi connectivity index (χ4n) is 1.50. The smallest absolute Gasteiger partial charge is 0.124 e. The third-order valence-corrected chi connectivity index (χ3v) is 2.41. The molecule has 0 saturated heterocycles. The highest BCUT2D eigenvalue weighted by Crippen LogP contribution is 2.29. The van der Waals surface area contributed by atoms with Gasteiger partial charge < -0.3 is 15.3 Å². The molecule has 3 nitrogen and oxygen atoms in total. The van der Waals surface area contributed by atoms with Gasteiger partial charge in [0.2, 0.25) is 0 Å². The monoisotopic (exact) mass is 210 g/mol. The highest BCUT2D eigenvalue weighted by molar-refractivity contribution is 5.45. The molecule has 0 unspecified atom stereocenters.